The highest BCUT2D eigenvalue weighted by molar-refractivity contribution is 7.99. The van der Waals surface area contributed by atoms with Gasteiger partial charge in [0.25, 0.3) is 0 Å². The molecule has 1 aliphatic carbocycles. The Morgan fingerprint density at radius 3 is 2.84 bits per heavy atom. The molecule has 3 rings (SSSR count). The molecule has 0 unspecified atom stereocenters. The molecule has 0 fully saturated rings. The molecule has 2 nitrogen and oxygen atoms in total. The largest absolute Gasteiger partial charge is 0.326 e. The number of nitrogens with two attached hydrogens (primary N) is 1. The van der Waals surface area contributed by atoms with E-state index in [0.717, 1.165) is 16.3 Å². The van der Waals surface area contributed by atoms with Crippen LogP contribution in [0.15, 0.2) is 40.3 Å². The summed E-state index contributed by atoms with van der Waals surface area (Å²) in [6.45, 7) is 2.59. The minimum absolute atomic E-state index is 0.571. The fourth-order valence-electron chi connectivity index (χ4n) is 2.61. The first-order chi connectivity index (χ1) is 9.24. The van der Waals surface area contributed by atoms with Crippen LogP contribution in [0.5, 0.6) is 0 Å². The third-order valence-corrected chi connectivity index (χ3v) is 4.43. The standard InChI is InChI=1S/C16H18N2S/c1-11-7-12(10-17)8-16(18-11)19-15-6-5-13-3-2-4-14(13)9-15/h5-9H,2-4,10,17H2,1H3. The normalized spacial score (nSPS) is 13.6. The topological polar surface area (TPSA) is 38.9 Å². The van der Waals surface area contributed by atoms with E-state index in [1.807, 2.05) is 13.0 Å². The number of hydrogen-bond acceptors (Lipinski definition) is 3. The lowest BCUT2D eigenvalue weighted by Crippen LogP contribution is -1.98. The molecule has 0 saturated carbocycles. The summed E-state index contributed by atoms with van der Waals surface area (Å²) in [5.74, 6) is 0. The van der Waals surface area contributed by atoms with Crippen molar-refractivity contribution in [3.05, 3.63) is 52.7 Å². The highest BCUT2D eigenvalue weighted by atomic mass is 32.2. The van der Waals surface area contributed by atoms with E-state index in [2.05, 4.69) is 29.2 Å². The fourth-order valence-corrected chi connectivity index (χ4v) is 3.59. The van der Waals surface area contributed by atoms with Gasteiger partial charge in [0.1, 0.15) is 5.03 Å². The molecule has 1 heterocycles. The summed E-state index contributed by atoms with van der Waals surface area (Å²) in [6.07, 6.45) is 3.75. The maximum atomic E-state index is 5.72. The molecule has 0 amide bonds. The van der Waals surface area contributed by atoms with Crippen molar-refractivity contribution in [2.75, 3.05) is 0 Å². The number of aryl methyl sites for hydroxylation is 3. The highest BCUT2D eigenvalue weighted by Crippen LogP contribution is 2.31. The predicted octanol–water partition coefficient (Wildman–Crippen LogP) is 3.49. The molecule has 98 valence electrons. The molecule has 0 spiro atoms. The molecule has 1 aromatic heterocycles. The molecular formula is C16H18N2S. The van der Waals surface area contributed by atoms with Crippen LogP contribution in [-0.4, -0.2) is 4.98 Å². The Balaban J connectivity index is 1.86. The first-order valence-electron chi connectivity index (χ1n) is 6.72. The van der Waals surface area contributed by atoms with E-state index in [1.165, 1.54) is 35.3 Å². The maximum Gasteiger partial charge on any atom is 0.101 e. The second kappa shape index (κ2) is 5.35. The van der Waals surface area contributed by atoms with Gasteiger partial charge in [0.15, 0.2) is 0 Å². The van der Waals surface area contributed by atoms with Gasteiger partial charge in [0, 0.05) is 17.1 Å². The SMILES string of the molecule is Cc1cc(CN)cc(Sc2ccc3c(c2)CCC3)n1. The summed E-state index contributed by atoms with van der Waals surface area (Å²) in [5, 5.41) is 1.04. The molecule has 0 radical (unpaired) electrons. The van der Waals surface area contributed by atoms with Crippen LogP contribution in [0.3, 0.4) is 0 Å². The van der Waals surface area contributed by atoms with Gasteiger partial charge in [-0.05, 0) is 67.1 Å². The Morgan fingerprint density at radius 2 is 2.00 bits per heavy atom. The molecule has 3 heteroatoms. The molecular weight excluding hydrogens is 252 g/mol. The van der Waals surface area contributed by atoms with Gasteiger partial charge in [0.05, 0.1) is 0 Å². The van der Waals surface area contributed by atoms with Gasteiger partial charge in [-0.2, -0.15) is 0 Å². The van der Waals surface area contributed by atoms with Gasteiger partial charge >= 0.3 is 0 Å². The van der Waals surface area contributed by atoms with Crippen molar-refractivity contribution in [1.29, 1.82) is 0 Å². The van der Waals surface area contributed by atoms with E-state index < -0.39 is 0 Å². The lowest BCUT2D eigenvalue weighted by molar-refractivity contribution is 0.911. The minimum Gasteiger partial charge on any atom is -0.326 e. The molecule has 1 aliphatic rings. The van der Waals surface area contributed by atoms with Crippen LogP contribution in [0.4, 0.5) is 0 Å². The lowest BCUT2D eigenvalue weighted by atomic mass is 10.1. The Labute approximate surface area is 118 Å². The number of pyridine rings is 1. The van der Waals surface area contributed by atoms with Crippen LogP contribution in [0, 0.1) is 6.92 Å². The van der Waals surface area contributed by atoms with Crippen molar-refractivity contribution >= 4 is 11.8 Å². The van der Waals surface area contributed by atoms with E-state index in [4.69, 9.17) is 5.73 Å². The van der Waals surface area contributed by atoms with Gasteiger partial charge < -0.3 is 5.73 Å². The van der Waals surface area contributed by atoms with E-state index in [9.17, 15) is 0 Å². The minimum atomic E-state index is 0.571. The van der Waals surface area contributed by atoms with Gasteiger partial charge in [-0.1, -0.05) is 17.8 Å². The Kier molecular flexibility index (Phi) is 3.58. The average molecular weight is 270 g/mol. The number of fused-ring (bicyclic) bond motifs is 1. The van der Waals surface area contributed by atoms with Crippen LogP contribution in [-0.2, 0) is 19.4 Å². The molecule has 0 saturated heterocycles. The van der Waals surface area contributed by atoms with E-state index in [-0.39, 0.29) is 0 Å². The summed E-state index contributed by atoms with van der Waals surface area (Å²) >= 11 is 1.73. The predicted molar refractivity (Wildman–Crippen MR) is 79.5 cm³/mol. The number of rotatable bonds is 3. The molecule has 0 aliphatic heterocycles. The van der Waals surface area contributed by atoms with Gasteiger partial charge in [-0.15, -0.1) is 0 Å². The first kappa shape index (κ1) is 12.7. The van der Waals surface area contributed by atoms with Crippen LogP contribution in [0.1, 0.15) is 28.8 Å². The first-order valence-corrected chi connectivity index (χ1v) is 7.53. The van der Waals surface area contributed by atoms with Crippen molar-refractivity contribution < 1.29 is 0 Å². The van der Waals surface area contributed by atoms with Gasteiger partial charge in [-0.25, -0.2) is 4.98 Å². The lowest BCUT2D eigenvalue weighted by Gasteiger charge is -2.07. The van der Waals surface area contributed by atoms with Gasteiger partial charge in [-0.3, -0.25) is 0 Å². The molecule has 2 aromatic rings. The fraction of sp³-hybridized carbons (Fsp3) is 0.312. The maximum absolute atomic E-state index is 5.72. The van der Waals surface area contributed by atoms with E-state index >= 15 is 0 Å². The van der Waals surface area contributed by atoms with Crippen LogP contribution in [0.2, 0.25) is 0 Å². The average Bonchev–Trinajstić information content (AvgIpc) is 2.85. The number of nitrogens with zero attached hydrogens (tertiary/aromatic N) is 1. The summed E-state index contributed by atoms with van der Waals surface area (Å²) in [7, 11) is 0. The van der Waals surface area contributed by atoms with Crippen molar-refractivity contribution in [2.24, 2.45) is 5.73 Å². The molecule has 2 N–H and O–H groups in total. The summed E-state index contributed by atoms with van der Waals surface area (Å²) in [6, 6.07) is 10.9. The van der Waals surface area contributed by atoms with Gasteiger partial charge in [0.2, 0.25) is 0 Å². The molecule has 19 heavy (non-hydrogen) atoms. The highest BCUT2D eigenvalue weighted by Gasteiger charge is 2.11. The zero-order chi connectivity index (χ0) is 13.2. The molecule has 1 aromatic carbocycles. The summed E-state index contributed by atoms with van der Waals surface area (Å²) in [5.41, 5.74) is 10.9. The van der Waals surface area contributed by atoms with E-state index in [1.54, 1.807) is 11.8 Å². The summed E-state index contributed by atoms with van der Waals surface area (Å²) < 4.78 is 0. The second-order valence-electron chi connectivity index (χ2n) is 5.05. The number of hydrogen-bond donors (Lipinski definition) is 1. The zero-order valence-electron chi connectivity index (χ0n) is 11.1. The van der Waals surface area contributed by atoms with Crippen LogP contribution in [0.25, 0.3) is 0 Å². The van der Waals surface area contributed by atoms with Crippen molar-refractivity contribution in [3.8, 4) is 0 Å². The smallest absolute Gasteiger partial charge is 0.101 e. The molecule has 0 bridgehead atoms. The van der Waals surface area contributed by atoms with Crippen molar-refractivity contribution in [3.63, 3.8) is 0 Å². The van der Waals surface area contributed by atoms with Crippen LogP contribution >= 0.6 is 11.8 Å². The summed E-state index contributed by atoms with van der Waals surface area (Å²) in [4.78, 5) is 5.86. The van der Waals surface area contributed by atoms with Crippen molar-refractivity contribution in [2.45, 2.75) is 42.7 Å². The van der Waals surface area contributed by atoms with E-state index in [0.29, 0.717) is 6.54 Å². The second-order valence-corrected chi connectivity index (χ2v) is 6.14. The number of aromatic nitrogens is 1. The third kappa shape index (κ3) is 2.82. The van der Waals surface area contributed by atoms with Crippen LogP contribution < -0.4 is 5.73 Å². The third-order valence-electron chi connectivity index (χ3n) is 3.52. The molecule has 0 atom stereocenters. The Hall–Kier alpha value is -1.32. The Bertz CT molecular complexity index is 608. The quantitative estimate of drug-likeness (QED) is 0.928. The van der Waals surface area contributed by atoms with Crippen molar-refractivity contribution in [1.82, 2.24) is 4.98 Å². The number of benzene rings is 1. The monoisotopic (exact) mass is 270 g/mol. The Morgan fingerprint density at radius 1 is 1.16 bits per heavy atom. The zero-order valence-corrected chi connectivity index (χ0v) is 12.0.